The van der Waals surface area contributed by atoms with Gasteiger partial charge in [0.25, 0.3) is 0 Å². The topological polar surface area (TPSA) is 28.7 Å². The number of imidazole rings is 1. The number of unbranched alkanes of at least 4 members (excludes halogenated alkanes) is 1. The molecule has 1 aromatic heterocycles. The molecule has 0 aliphatic heterocycles. The number of aromatic nitrogens is 2. The normalized spacial score (nSPS) is 11.5. The predicted octanol–water partition coefficient (Wildman–Crippen LogP) is 4.03. The van der Waals surface area contributed by atoms with Gasteiger partial charge < -0.3 is 4.98 Å². The minimum Gasteiger partial charge on any atom is -0.342 e. The Balaban J connectivity index is 2.30. The van der Waals surface area contributed by atoms with E-state index in [4.69, 9.17) is 0 Å². The van der Waals surface area contributed by atoms with Crippen molar-refractivity contribution in [3.05, 3.63) is 29.6 Å². The average Bonchev–Trinajstić information content (AvgIpc) is 2.69. The number of hydrogen-bond donors (Lipinski definition) is 1. The highest BCUT2D eigenvalue weighted by Gasteiger charge is 2.06. The summed E-state index contributed by atoms with van der Waals surface area (Å²) in [4.78, 5) is 7.98. The van der Waals surface area contributed by atoms with E-state index in [2.05, 4.69) is 48.9 Å². The molecule has 2 aromatic rings. The average molecular weight is 216 g/mol. The number of aromatic amines is 1. The standard InChI is InChI=1S/C14H20N2/c1-4-5-6-11-7-8-12-13(9-11)16-14(15-12)10(2)3/h7-10H,4-6H2,1-3H3,(H,15,16). The van der Waals surface area contributed by atoms with Crippen LogP contribution in [-0.4, -0.2) is 9.97 Å². The molecule has 0 saturated carbocycles. The lowest BCUT2D eigenvalue weighted by molar-refractivity contribution is 0.795. The first kappa shape index (κ1) is 11.2. The molecule has 0 amide bonds. The van der Waals surface area contributed by atoms with Crippen LogP contribution in [0.1, 0.15) is 50.9 Å². The van der Waals surface area contributed by atoms with Gasteiger partial charge >= 0.3 is 0 Å². The Morgan fingerprint density at radius 3 is 2.81 bits per heavy atom. The lowest BCUT2D eigenvalue weighted by Gasteiger charge is -1.98. The Morgan fingerprint density at radius 2 is 2.12 bits per heavy atom. The Kier molecular flexibility index (Phi) is 3.28. The maximum absolute atomic E-state index is 4.58. The van der Waals surface area contributed by atoms with Crippen molar-refractivity contribution in [1.82, 2.24) is 9.97 Å². The largest absolute Gasteiger partial charge is 0.342 e. The molecule has 1 aromatic carbocycles. The zero-order valence-corrected chi connectivity index (χ0v) is 10.4. The second-order valence-electron chi connectivity index (χ2n) is 4.73. The van der Waals surface area contributed by atoms with Gasteiger partial charge in [0.15, 0.2) is 0 Å². The van der Waals surface area contributed by atoms with Gasteiger partial charge in [0.05, 0.1) is 11.0 Å². The third-order valence-electron chi connectivity index (χ3n) is 2.93. The summed E-state index contributed by atoms with van der Waals surface area (Å²) in [5.74, 6) is 1.55. The molecule has 2 nitrogen and oxygen atoms in total. The van der Waals surface area contributed by atoms with Crippen LogP contribution < -0.4 is 0 Å². The molecule has 16 heavy (non-hydrogen) atoms. The molecule has 0 aliphatic carbocycles. The molecule has 0 unspecified atom stereocenters. The van der Waals surface area contributed by atoms with Gasteiger partial charge in [-0.2, -0.15) is 0 Å². The lowest BCUT2D eigenvalue weighted by Crippen LogP contribution is -1.88. The monoisotopic (exact) mass is 216 g/mol. The fourth-order valence-electron chi connectivity index (χ4n) is 1.89. The Morgan fingerprint density at radius 1 is 1.31 bits per heavy atom. The first-order valence-electron chi connectivity index (χ1n) is 6.19. The van der Waals surface area contributed by atoms with Crippen molar-refractivity contribution >= 4 is 11.0 Å². The quantitative estimate of drug-likeness (QED) is 0.821. The summed E-state index contributed by atoms with van der Waals surface area (Å²) in [6.45, 7) is 6.55. The van der Waals surface area contributed by atoms with Crippen LogP contribution in [0.15, 0.2) is 18.2 Å². The molecule has 0 aliphatic rings. The molecule has 0 fully saturated rings. The Labute approximate surface area is 97.1 Å². The number of aryl methyl sites for hydroxylation is 1. The van der Waals surface area contributed by atoms with Crippen molar-refractivity contribution in [2.24, 2.45) is 0 Å². The van der Waals surface area contributed by atoms with Crippen molar-refractivity contribution in [1.29, 1.82) is 0 Å². The number of rotatable bonds is 4. The second-order valence-corrected chi connectivity index (χ2v) is 4.73. The summed E-state index contributed by atoms with van der Waals surface area (Å²) in [6.07, 6.45) is 3.68. The summed E-state index contributed by atoms with van der Waals surface area (Å²) in [5.41, 5.74) is 3.68. The van der Waals surface area contributed by atoms with E-state index in [1.165, 1.54) is 30.3 Å². The van der Waals surface area contributed by atoms with Crippen molar-refractivity contribution in [2.75, 3.05) is 0 Å². The summed E-state index contributed by atoms with van der Waals surface area (Å²) >= 11 is 0. The molecule has 86 valence electrons. The lowest BCUT2D eigenvalue weighted by atomic mass is 10.1. The van der Waals surface area contributed by atoms with Crippen molar-refractivity contribution in [2.45, 2.75) is 46.0 Å². The molecule has 2 heteroatoms. The molecule has 1 N–H and O–H groups in total. The SMILES string of the molecule is CCCCc1ccc2nc(C(C)C)[nH]c2c1. The first-order valence-corrected chi connectivity index (χ1v) is 6.19. The van der Waals surface area contributed by atoms with Gasteiger partial charge in [0.1, 0.15) is 5.82 Å². The summed E-state index contributed by atoms with van der Waals surface area (Å²) in [5, 5.41) is 0. The molecule has 0 radical (unpaired) electrons. The molecular weight excluding hydrogens is 196 g/mol. The highest BCUT2D eigenvalue weighted by Crippen LogP contribution is 2.19. The van der Waals surface area contributed by atoms with E-state index in [1.54, 1.807) is 0 Å². The van der Waals surface area contributed by atoms with E-state index in [0.717, 1.165) is 11.3 Å². The zero-order chi connectivity index (χ0) is 11.5. The molecule has 0 atom stereocenters. The van der Waals surface area contributed by atoms with Crippen LogP contribution >= 0.6 is 0 Å². The van der Waals surface area contributed by atoms with E-state index in [-0.39, 0.29) is 0 Å². The van der Waals surface area contributed by atoms with Crippen LogP contribution in [0.5, 0.6) is 0 Å². The Hall–Kier alpha value is -1.31. The molecule has 1 heterocycles. The maximum Gasteiger partial charge on any atom is 0.109 e. The summed E-state index contributed by atoms with van der Waals surface area (Å²) in [7, 11) is 0. The summed E-state index contributed by atoms with van der Waals surface area (Å²) < 4.78 is 0. The first-order chi connectivity index (χ1) is 7.70. The minimum absolute atomic E-state index is 0.464. The van der Waals surface area contributed by atoms with E-state index in [9.17, 15) is 0 Å². The molecule has 0 bridgehead atoms. The zero-order valence-electron chi connectivity index (χ0n) is 10.4. The van der Waals surface area contributed by atoms with Gasteiger partial charge in [-0.15, -0.1) is 0 Å². The molecular formula is C14H20N2. The van der Waals surface area contributed by atoms with Gasteiger partial charge in [0, 0.05) is 5.92 Å². The van der Waals surface area contributed by atoms with Gasteiger partial charge in [0.2, 0.25) is 0 Å². The number of benzene rings is 1. The number of H-pyrrole nitrogens is 1. The van der Waals surface area contributed by atoms with Gasteiger partial charge in [-0.05, 0) is 30.5 Å². The van der Waals surface area contributed by atoms with Gasteiger partial charge in [-0.3, -0.25) is 0 Å². The smallest absolute Gasteiger partial charge is 0.109 e. The minimum atomic E-state index is 0.464. The third kappa shape index (κ3) is 2.26. The van der Waals surface area contributed by atoms with Crippen molar-refractivity contribution in [3.63, 3.8) is 0 Å². The Bertz CT molecular complexity index is 469. The number of hydrogen-bond acceptors (Lipinski definition) is 1. The van der Waals surface area contributed by atoms with Crippen LogP contribution in [-0.2, 0) is 6.42 Å². The fraction of sp³-hybridized carbons (Fsp3) is 0.500. The van der Waals surface area contributed by atoms with Crippen LogP contribution in [0.25, 0.3) is 11.0 Å². The molecule has 0 saturated heterocycles. The number of fused-ring (bicyclic) bond motifs is 1. The third-order valence-corrected chi connectivity index (χ3v) is 2.93. The van der Waals surface area contributed by atoms with Gasteiger partial charge in [-0.1, -0.05) is 33.3 Å². The van der Waals surface area contributed by atoms with Crippen LogP contribution in [0.4, 0.5) is 0 Å². The van der Waals surface area contributed by atoms with Crippen molar-refractivity contribution in [3.8, 4) is 0 Å². The van der Waals surface area contributed by atoms with E-state index in [1.807, 2.05) is 0 Å². The fourth-order valence-corrected chi connectivity index (χ4v) is 1.89. The van der Waals surface area contributed by atoms with Crippen molar-refractivity contribution < 1.29 is 0 Å². The van der Waals surface area contributed by atoms with E-state index in [0.29, 0.717) is 5.92 Å². The highest BCUT2D eigenvalue weighted by molar-refractivity contribution is 5.76. The van der Waals surface area contributed by atoms with E-state index < -0.39 is 0 Å². The molecule has 2 rings (SSSR count). The predicted molar refractivity (Wildman–Crippen MR) is 68.8 cm³/mol. The molecule has 0 spiro atoms. The number of nitrogens with one attached hydrogen (secondary N) is 1. The summed E-state index contributed by atoms with van der Waals surface area (Å²) in [6, 6.07) is 6.56. The maximum atomic E-state index is 4.58. The number of nitrogens with zero attached hydrogens (tertiary/aromatic N) is 1. The second kappa shape index (κ2) is 4.69. The van der Waals surface area contributed by atoms with Crippen LogP contribution in [0.3, 0.4) is 0 Å². The highest BCUT2D eigenvalue weighted by atomic mass is 14.9. The van der Waals surface area contributed by atoms with Gasteiger partial charge in [-0.25, -0.2) is 4.98 Å². The van der Waals surface area contributed by atoms with Crippen LogP contribution in [0, 0.1) is 0 Å². The van der Waals surface area contributed by atoms with Crippen LogP contribution in [0.2, 0.25) is 0 Å². The van der Waals surface area contributed by atoms with E-state index >= 15 is 0 Å².